The molecule has 2 aromatic rings. The van der Waals surface area contributed by atoms with Crippen LogP contribution < -0.4 is 5.32 Å². The fourth-order valence-electron chi connectivity index (χ4n) is 2.55. The van der Waals surface area contributed by atoms with Crippen LogP contribution in [0.5, 0.6) is 0 Å². The number of ether oxygens (including phenoxy) is 1. The molecule has 2 aromatic heterocycles. The number of rotatable bonds is 5. The van der Waals surface area contributed by atoms with Crippen molar-refractivity contribution >= 4 is 16.9 Å². The molecule has 1 atom stereocenters. The maximum atomic E-state index is 5.64. The monoisotopic (exact) mass is 275 g/mol. The first-order valence-corrected chi connectivity index (χ1v) is 7.32. The molecule has 0 saturated carbocycles. The van der Waals surface area contributed by atoms with Crippen molar-refractivity contribution in [3.63, 3.8) is 0 Å². The summed E-state index contributed by atoms with van der Waals surface area (Å²) in [6.07, 6.45) is 6.31. The molecule has 3 heterocycles. The minimum Gasteiger partial charge on any atom is -0.376 e. The predicted octanol–water partition coefficient (Wildman–Crippen LogP) is 1.91. The Morgan fingerprint density at radius 3 is 3.10 bits per heavy atom. The molecule has 1 aliphatic heterocycles. The van der Waals surface area contributed by atoms with Crippen LogP contribution in [0.3, 0.4) is 0 Å². The van der Waals surface area contributed by atoms with E-state index in [2.05, 4.69) is 27.3 Å². The van der Waals surface area contributed by atoms with E-state index in [1.54, 1.807) is 4.68 Å². The van der Waals surface area contributed by atoms with Crippen molar-refractivity contribution in [3.8, 4) is 0 Å². The van der Waals surface area contributed by atoms with Gasteiger partial charge in [-0.05, 0) is 19.3 Å². The minimum absolute atomic E-state index is 0.298. The van der Waals surface area contributed by atoms with Crippen LogP contribution in [-0.4, -0.2) is 39.0 Å². The lowest BCUT2D eigenvalue weighted by atomic mass is 10.2. The van der Waals surface area contributed by atoms with Gasteiger partial charge in [0, 0.05) is 26.6 Å². The molecule has 3 rings (SSSR count). The van der Waals surface area contributed by atoms with Crippen LogP contribution in [0.2, 0.25) is 0 Å². The predicted molar refractivity (Wildman–Crippen MR) is 77.8 cm³/mol. The summed E-state index contributed by atoms with van der Waals surface area (Å²) in [6.45, 7) is 3.81. The number of fused-ring (bicyclic) bond motifs is 1. The third kappa shape index (κ3) is 2.60. The summed E-state index contributed by atoms with van der Waals surface area (Å²) in [7, 11) is 1.91. The standard InChI is InChI=1S/C14H21N5O/c1-3-5-12-17-13(15-8-10-6-4-7-20-10)11-9-16-19(2)14(11)18-12/h9-10H,3-8H2,1-2H3,(H,15,17,18)/t10-/m0/s1. The molecule has 0 aromatic carbocycles. The molecule has 108 valence electrons. The van der Waals surface area contributed by atoms with Crippen molar-refractivity contribution in [3.05, 3.63) is 12.0 Å². The van der Waals surface area contributed by atoms with Crippen molar-refractivity contribution in [2.45, 2.75) is 38.7 Å². The summed E-state index contributed by atoms with van der Waals surface area (Å²) in [4.78, 5) is 9.22. The van der Waals surface area contributed by atoms with Gasteiger partial charge in [-0.1, -0.05) is 6.92 Å². The second kappa shape index (κ2) is 5.75. The lowest BCUT2D eigenvalue weighted by Crippen LogP contribution is -2.19. The molecule has 20 heavy (non-hydrogen) atoms. The summed E-state index contributed by atoms with van der Waals surface area (Å²) in [5.74, 6) is 1.75. The zero-order valence-electron chi connectivity index (χ0n) is 12.1. The van der Waals surface area contributed by atoms with Crippen LogP contribution in [0.15, 0.2) is 6.20 Å². The Kier molecular flexibility index (Phi) is 3.82. The van der Waals surface area contributed by atoms with Crippen molar-refractivity contribution < 1.29 is 4.74 Å². The number of aryl methyl sites for hydroxylation is 2. The van der Waals surface area contributed by atoms with Gasteiger partial charge < -0.3 is 10.1 Å². The van der Waals surface area contributed by atoms with Gasteiger partial charge >= 0.3 is 0 Å². The lowest BCUT2D eigenvalue weighted by molar-refractivity contribution is 0.120. The van der Waals surface area contributed by atoms with Crippen LogP contribution in [-0.2, 0) is 18.2 Å². The van der Waals surface area contributed by atoms with Crippen LogP contribution in [0.4, 0.5) is 5.82 Å². The van der Waals surface area contributed by atoms with Gasteiger partial charge in [0.25, 0.3) is 0 Å². The first-order chi connectivity index (χ1) is 9.78. The van der Waals surface area contributed by atoms with Gasteiger partial charge in [0.05, 0.1) is 17.7 Å². The van der Waals surface area contributed by atoms with E-state index in [-0.39, 0.29) is 0 Å². The molecule has 1 N–H and O–H groups in total. The normalized spacial score (nSPS) is 18.8. The molecule has 6 nitrogen and oxygen atoms in total. The molecular weight excluding hydrogens is 254 g/mol. The zero-order valence-corrected chi connectivity index (χ0v) is 12.1. The summed E-state index contributed by atoms with van der Waals surface area (Å²) in [6, 6.07) is 0. The third-order valence-corrected chi connectivity index (χ3v) is 3.63. The van der Waals surface area contributed by atoms with Crippen LogP contribution in [0, 0.1) is 0 Å². The highest BCUT2D eigenvalue weighted by Gasteiger charge is 2.17. The van der Waals surface area contributed by atoms with Gasteiger partial charge in [0.15, 0.2) is 5.65 Å². The highest BCUT2D eigenvalue weighted by Crippen LogP contribution is 2.21. The summed E-state index contributed by atoms with van der Waals surface area (Å²) in [5, 5.41) is 8.67. The van der Waals surface area contributed by atoms with E-state index >= 15 is 0 Å². The number of hydrogen-bond donors (Lipinski definition) is 1. The minimum atomic E-state index is 0.298. The molecule has 1 fully saturated rings. The molecule has 1 aliphatic rings. The summed E-state index contributed by atoms with van der Waals surface area (Å²) >= 11 is 0. The van der Waals surface area contributed by atoms with Crippen molar-refractivity contribution in [2.75, 3.05) is 18.5 Å². The number of anilines is 1. The molecule has 1 saturated heterocycles. The Hall–Kier alpha value is -1.69. The Morgan fingerprint density at radius 2 is 2.35 bits per heavy atom. The van der Waals surface area contributed by atoms with Crippen molar-refractivity contribution in [1.29, 1.82) is 0 Å². The van der Waals surface area contributed by atoms with E-state index in [1.807, 2.05) is 13.2 Å². The first kappa shape index (κ1) is 13.3. The van der Waals surface area contributed by atoms with Gasteiger partial charge in [0.2, 0.25) is 0 Å². The van der Waals surface area contributed by atoms with E-state index in [1.165, 1.54) is 0 Å². The van der Waals surface area contributed by atoms with E-state index in [9.17, 15) is 0 Å². The molecule has 0 aliphatic carbocycles. The Balaban J connectivity index is 1.86. The third-order valence-electron chi connectivity index (χ3n) is 3.63. The average Bonchev–Trinajstić information content (AvgIpc) is 3.07. The first-order valence-electron chi connectivity index (χ1n) is 7.32. The molecule has 6 heteroatoms. The van der Waals surface area contributed by atoms with Gasteiger partial charge in [-0.15, -0.1) is 0 Å². The topological polar surface area (TPSA) is 64.9 Å². The maximum Gasteiger partial charge on any atom is 0.163 e. The van der Waals surface area contributed by atoms with E-state index in [0.717, 1.165) is 61.5 Å². The fourth-order valence-corrected chi connectivity index (χ4v) is 2.55. The highest BCUT2D eigenvalue weighted by atomic mass is 16.5. The van der Waals surface area contributed by atoms with E-state index in [4.69, 9.17) is 4.74 Å². The Labute approximate surface area is 118 Å². The Bertz CT molecular complexity index is 589. The van der Waals surface area contributed by atoms with Crippen molar-refractivity contribution in [2.24, 2.45) is 7.05 Å². The molecule has 0 radical (unpaired) electrons. The average molecular weight is 275 g/mol. The maximum absolute atomic E-state index is 5.64. The van der Waals surface area contributed by atoms with Crippen LogP contribution >= 0.6 is 0 Å². The molecule has 0 bridgehead atoms. The number of nitrogens with zero attached hydrogens (tertiary/aromatic N) is 4. The molecular formula is C14H21N5O. The SMILES string of the molecule is CCCc1nc(NC[C@@H]2CCCO2)c2cnn(C)c2n1. The number of nitrogens with one attached hydrogen (secondary N) is 1. The smallest absolute Gasteiger partial charge is 0.163 e. The van der Waals surface area contributed by atoms with Crippen LogP contribution in [0.25, 0.3) is 11.0 Å². The number of aromatic nitrogens is 4. The molecule has 0 unspecified atom stereocenters. The van der Waals surface area contributed by atoms with Gasteiger partial charge in [-0.2, -0.15) is 5.10 Å². The van der Waals surface area contributed by atoms with Gasteiger partial charge in [0.1, 0.15) is 11.6 Å². The quantitative estimate of drug-likeness (QED) is 0.903. The van der Waals surface area contributed by atoms with Gasteiger partial charge in [-0.25, -0.2) is 9.97 Å². The number of hydrogen-bond acceptors (Lipinski definition) is 5. The van der Waals surface area contributed by atoms with Crippen molar-refractivity contribution in [1.82, 2.24) is 19.7 Å². The largest absolute Gasteiger partial charge is 0.376 e. The highest BCUT2D eigenvalue weighted by molar-refractivity contribution is 5.86. The fraction of sp³-hybridized carbons (Fsp3) is 0.643. The lowest BCUT2D eigenvalue weighted by Gasteiger charge is -2.12. The summed E-state index contributed by atoms with van der Waals surface area (Å²) < 4.78 is 7.44. The Morgan fingerprint density at radius 1 is 1.45 bits per heavy atom. The second-order valence-corrected chi connectivity index (χ2v) is 5.26. The summed E-state index contributed by atoms with van der Waals surface area (Å²) in [5.41, 5.74) is 0.887. The van der Waals surface area contributed by atoms with E-state index in [0.29, 0.717) is 6.10 Å². The molecule has 0 amide bonds. The zero-order chi connectivity index (χ0) is 13.9. The molecule has 0 spiro atoms. The van der Waals surface area contributed by atoms with Crippen LogP contribution in [0.1, 0.15) is 32.0 Å². The second-order valence-electron chi connectivity index (χ2n) is 5.26. The van der Waals surface area contributed by atoms with Gasteiger partial charge in [-0.3, -0.25) is 4.68 Å². The van der Waals surface area contributed by atoms with E-state index < -0.39 is 0 Å².